The number of rotatable bonds is 6. The van der Waals surface area contributed by atoms with Crippen LogP contribution in [0.3, 0.4) is 0 Å². The molecule has 0 fully saturated rings. The smallest absolute Gasteiger partial charge is 0.257 e. The van der Waals surface area contributed by atoms with Crippen molar-refractivity contribution in [2.24, 2.45) is 0 Å². The van der Waals surface area contributed by atoms with Crippen LogP contribution in [0.15, 0.2) is 36.4 Å². The molecule has 23 heavy (non-hydrogen) atoms. The van der Waals surface area contributed by atoms with Gasteiger partial charge < -0.3 is 10.1 Å². The fraction of sp³-hybridized carbons (Fsp3) is 0.316. The molecule has 4 heteroatoms. The van der Waals surface area contributed by atoms with E-state index < -0.39 is 0 Å². The first-order valence-electron chi connectivity index (χ1n) is 7.68. The number of hydrogen-bond donors (Lipinski definition) is 1. The van der Waals surface area contributed by atoms with E-state index in [1.54, 1.807) is 18.2 Å². The molecule has 0 radical (unpaired) electrons. The third-order valence-corrected chi connectivity index (χ3v) is 3.90. The molecule has 2 aromatic carbocycles. The molecule has 2 rings (SSSR count). The number of benzene rings is 2. The standard InChI is InChI=1S/C19H22FNO2/c1-13-8-9-14(2)19(15(13)3)23-12-18(22)21-11-10-16-6-4-5-7-17(16)20/h4-9H,10-12H2,1-3H3,(H,21,22). The van der Waals surface area contributed by atoms with Crippen LogP contribution in [-0.4, -0.2) is 19.1 Å². The fourth-order valence-corrected chi connectivity index (χ4v) is 2.37. The molecule has 0 saturated heterocycles. The molecule has 2 aromatic rings. The largest absolute Gasteiger partial charge is 0.483 e. The van der Waals surface area contributed by atoms with Gasteiger partial charge in [0.05, 0.1) is 0 Å². The zero-order valence-electron chi connectivity index (χ0n) is 13.8. The van der Waals surface area contributed by atoms with Crippen LogP contribution in [0, 0.1) is 26.6 Å². The monoisotopic (exact) mass is 315 g/mol. The Hall–Kier alpha value is -2.36. The van der Waals surface area contributed by atoms with Crippen molar-refractivity contribution in [1.29, 1.82) is 0 Å². The molecule has 122 valence electrons. The molecule has 0 spiro atoms. The van der Waals surface area contributed by atoms with Crippen molar-refractivity contribution in [3.05, 3.63) is 64.5 Å². The molecule has 0 atom stereocenters. The first kappa shape index (κ1) is 17.0. The minimum Gasteiger partial charge on any atom is -0.483 e. The summed E-state index contributed by atoms with van der Waals surface area (Å²) < 4.78 is 19.1. The number of amides is 1. The molecular weight excluding hydrogens is 293 g/mol. The molecule has 1 N–H and O–H groups in total. The normalized spacial score (nSPS) is 10.4. The van der Waals surface area contributed by atoms with E-state index in [4.69, 9.17) is 4.74 Å². The highest BCUT2D eigenvalue weighted by molar-refractivity contribution is 5.77. The van der Waals surface area contributed by atoms with Gasteiger partial charge in [-0.2, -0.15) is 0 Å². The number of hydrogen-bond acceptors (Lipinski definition) is 2. The summed E-state index contributed by atoms with van der Waals surface area (Å²) in [5.74, 6) is 0.305. The molecule has 0 aliphatic carbocycles. The average molecular weight is 315 g/mol. The number of aryl methyl sites for hydroxylation is 2. The van der Waals surface area contributed by atoms with Gasteiger partial charge in [0.25, 0.3) is 5.91 Å². The van der Waals surface area contributed by atoms with Gasteiger partial charge in [0, 0.05) is 6.54 Å². The first-order chi connectivity index (χ1) is 11.0. The second-order valence-electron chi connectivity index (χ2n) is 5.63. The second kappa shape index (κ2) is 7.77. The van der Waals surface area contributed by atoms with Crippen molar-refractivity contribution in [2.75, 3.05) is 13.2 Å². The highest BCUT2D eigenvalue weighted by Gasteiger charge is 2.09. The third-order valence-electron chi connectivity index (χ3n) is 3.90. The van der Waals surface area contributed by atoms with Crippen LogP contribution < -0.4 is 10.1 Å². The Balaban J connectivity index is 1.82. The number of carbonyl (C=O) groups excluding carboxylic acids is 1. The van der Waals surface area contributed by atoms with Crippen LogP contribution in [0.1, 0.15) is 22.3 Å². The lowest BCUT2D eigenvalue weighted by atomic mass is 10.1. The van der Waals surface area contributed by atoms with E-state index in [1.165, 1.54) is 6.07 Å². The van der Waals surface area contributed by atoms with Crippen molar-refractivity contribution in [3.63, 3.8) is 0 Å². The number of nitrogens with one attached hydrogen (secondary N) is 1. The Morgan fingerprint density at radius 3 is 2.52 bits per heavy atom. The predicted molar refractivity (Wildman–Crippen MR) is 89.3 cm³/mol. The Morgan fingerprint density at radius 2 is 1.78 bits per heavy atom. The lowest BCUT2D eigenvalue weighted by Gasteiger charge is -2.14. The Bertz CT molecular complexity index is 698. The van der Waals surface area contributed by atoms with Gasteiger partial charge in [-0.3, -0.25) is 4.79 Å². The maximum Gasteiger partial charge on any atom is 0.257 e. The van der Waals surface area contributed by atoms with Crippen LogP contribution in [0.5, 0.6) is 5.75 Å². The van der Waals surface area contributed by atoms with Gasteiger partial charge in [-0.25, -0.2) is 4.39 Å². The van der Waals surface area contributed by atoms with E-state index in [1.807, 2.05) is 32.9 Å². The summed E-state index contributed by atoms with van der Waals surface area (Å²) in [6.45, 7) is 6.29. The Morgan fingerprint density at radius 1 is 1.09 bits per heavy atom. The maximum absolute atomic E-state index is 13.5. The zero-order valence-corrected chi connectivity index (χ0v) is 13.8. The molecule has 0 aromatic heterocycles. The van der Waals surface area contributed by atoms with Crippen LogP contribution in [-0.2, 0) is 11.2 Å². The molecule has 0 bridgehead atoms. The summed E-state index contributed by atoms with van der Waals surface area (Å²) in [7, 11) is 0. The van der Waals surface area contributed by atoms with E-state index in [0.29, 0.717) is 18.5 Å². The van der Waals surface area contributed by atoms with E-state index in [-0.39, 0.29) is 18.3 Å². The number of carbonyl (C=O) groups is 1. The third kappa shape index (κ3) is 4.55. The van der Waals surface area contributed by atoms with Crippen molar-refractivity contribution in [2.45, 2.75) is 27.2 Å². The van der Waals surface area contributed by atoms with Gasteiger partial charge in [0.1, 0.15) is 11.6 Å². The highest BCUT2D eigenvalue weighted by atomic mass is 19.1. The van der Waals surface area contributed by atoms with Crippen molar-refractivity contribution < 1.29 is 13.9 Å². The molecule has 0 aliphatic heterocycles. The van der Waals surface area contributed by atoms with Crippen molar-refractivity contribution in [3.8, 4) is 5.75 Å². The van der Waals surface area contributed by atoms with Crippen LogP contribution >= 0.6 is 0 Å². The van der Waals surface area contributed by atoms with Gasteiger partial charge in [-0.15, -0.1) is 0 Å². The maximum atomic E-state index is 13.5. The summed E-state index contributed by atoms with van der Waals surface area (Å²) in [4.78, 5) is 11.9. The van der Waals surface area contributed by atoms with Gasteiger partial charge >= 0.3 is 0 Å². The summed E-state index contributed by atoms with van der Waals surface area (Å²) in [6.07, 6.45) is 0.459. The molecular formula is C19H22FNO2. The van der Waals surface area contributed by atoms with Gasteiger partial charge in [-0.05, 0) is 55.5 Å². The van der Waals surface area contributed by atoms with E-state index in [9.17, 15) is 9.18 Å². The van der Waals surface area contributed by atoms with Gasteiger partial charge in [0.15, 0.2) is 6.61 Å². The lowest BCUT2D eigenvalue weighted by Crippen LogP contribution is -2.31. The Labute approximate surface area is 136 Å². The van der Waals surface area contributed by atoms with Crippen molar-refractivity contribution >= 4 is 5.91 Å². The molecule has 3 nitrogen and oxygen atoms in total. The number of ether oxygens (including phenoxy) is 1. The van der Waals surface area contributed by atoms with Gasteiger partial charge in [0.2, 0.25) is 0 Å². The van der Waals surface area contributed by atoms with Crippen LogP contribution in [0.25, 0.3) is 0 Å². The minimum atomic E-state index is -0.246. The van der Waals surface area contributed by atoms with Crippen molar-refractivity contribution in [1.82, 2.24) is 5.32 Å². The van der Waals surface area contributed by atoms with E-state index in [0.717, 1.165) is 22.4 Å². The molecule has 0 saturated carbocycles. The predicted octanol–water partition coefficient (Wildman–Crippen LogP) is 3.49. The van der Waals surface area contributed by atoms with Crippen LogP contribution in [0.4, 0.5) is 4.39 Å². The zero-order chi connectivity index (χ0) is 16.8. The topological polar surface area (TPSA) is 38.3 Å². The number of halogens is 1. The van der Waals surface area contributed by atoms with E-state index in [2.05, 4.69) is 5.32 Å². The Kier molecular flexibility index (Phi) is 5.74. The summed E-state index contributed by atoms with van der Waals surface area (Å²) in [5, 5.41) is 2.75. The summed E-state index contributed by atoms with van der Waals surface area (Å²) in [5.41, 5.74) is 3.78. The summed E-state index contributed by atoms with van der Waals surface area (Å²) in [6, 6.07) is 10.6. The fourth-order valence-electron chi connectivity index (χ4n) is 2.37. The quantitative estimate of drug-likeness (QED) is 0.886. The van der Waals surface area contributed by atoms with E-state index >= 15 is 0 Å². The minimum absolute atomic E-state index is 0.0393. The molecule has 0 unspecified atom stereocenters. The summed E-state index contributed by atoms with van der Waals surface area (Å²) >= 11 is 0. The first-order valence-corrected chi connectivity index (χ1v) is 7.68. The SMILES string of the molecule is Cc1ccc(C)c(OCC(=O)NCCc2ccccc2F)c1C. The molecule has 1 amide bonds. The molecule has 0 aliphatic rings. The average Bonchev–Trinajstić information content (AvgIpc) is 2.53. The van der Waals surface area contributed by atoms with Gasteiger partial charge in [-0.1, -0.05) is 30.3 Å². The lowest BCUT2D eigenvalue weighted by molar-refractivity contribution is -0.123. The molecule has 0 heterocycles. The van der Waals surface area contributed by atoms with Crippen LogP contribution in [0.2, 0.25) is 0 Å². The highest BCUT2D eigenvalue weighted by Crippen LogP contribution is 2.25. The second-order valence-corrected chi connectivity index (χ2v) is 5.63.